The minimum atomic E-state index is -1.21. The quantitative estimate of drug-likeness (QED) is 0.238. The molecule has 2 aromatic carbocycles. The molecule has 230 valence electrons. The average Bonchev–Trinajstić information content (AvgIpc) is 3.72. The number of nitrogens with zero attached hydrogens (tertiary/aromatic N) is 1. The van der Waals surface area contributed by atoms with Gasteiger partial charge in [0.2, 0.25) is 18.6 Å². The number of methoxy groups -OCH3 is 1. The number of rotatable bonds is 11. The van der Waals surface area contributed by atoms with Crippen molar-refractivity contribution in [1.82, 2.24) is 10.2 Å². The lowest BCUT2D eigenvalue weighted by Crippen LogP contribution is -2.55. The van der Waals surface area contributed by atoms with Crippen molar-refractivity contribution in [3.8, 4) is 23.0 Å². The van der Waals surface area contributed by atoms with Gasteiger partial charge in [-0.3, -0.25) is 14.4 Å². The second-order valence-corrected chi connectivity index (χ2v) is 12.0. The summed E-state index contributed by atoms with van der Waals surface area (Å²) >= 11 is 2.02. The Labute approximate surface area is 263 Å². The Morgan fingerprint density at radius 2 is 1.93 bits per heavy atom. The van der Waals surface area contributed by atoms with Crippen molar-refractivity contribution in [3.05, 3.63) is 56.7 Å². The fraction of sp³-hybridized carbons (Fsp3) is 0.452. The van der Waals surface area contributed by atoms with Crippen molar-refractivity contribution in [2.75, 3.05) is 27.1 Å². The number of benzene rings is 2. The van der Waals surface area contributed by atoms with E-state index in [0.717, 1.165) is 31.2 Å². The summed E-state index contributed by atoms with van der Waals surface area (Å²) in [5.74, 6) is 1.11. The van der Waals surface area contributed by atoms with Gasteiger partial charge in [-0.1, -0.05) is 18.9 Å². The molecule has 0 aromatic heterocycles. The Balaban J connectivity index is 1.51. The van der Waals surface area contributed by atoms with Crippen LogP contribution in [0.3, 0.4) is 0 Å². The Morgan fingerprint density at radius 1 is 1.16 bits per heavy atom. The number of hydrogen-bond donors (Lipinski definition) is 3. The van der Waals surface area contributed by atoms with E-state index in [2.05, 4.69) is 5.32 Å². The number of aliphatic hydroxyl groups is 2. The summed E-state index contributed by atoms with van der Waals surface area (Å²) in [6, 6.07) is 7.84. The monoisotopic (exact) mass is 706 g/mol. The van der Waals surface area contributed by atoms with Gasteiger partial charge in [0, 0.05) is 36.6 Å². The molecule has 2 aliphatic carbocycles. The van der Waals surface area contributed by atoms with Gasteiger partial charge < -0.3 is 39.4 Å². The first-order valence-electron chi connectivity index (χ1n) is 14.3. The van der Waals surface area contributed by atoms with E-state index in [-0.39, 0.29) is 44.7 Å². The van der Waals surface area contributed by atoms with Crippen LogP contribution in [0.5, 0.6) is 23.0 Å². The lowest BCUT2D eigenvalue weighted by atomic mass is 9.87. The third-order valence-electron chi connectivity index (χ3n) is 8.03. The molecule has 1 saturated carbocycles. The van der Waals surface area contributed by atoms with Gasteiger partial charge in [-0.15, -0.1) is 0 Å². The predicted octanol–water partition coefficient (Wildman–Crippen LogP) is 2.98. The maximum atomic E-state index is 14.1. The van der Waals surface area contributed by atoms with Crippen molar-refractivity contribution in [1.29, 1.82) is 0 Å². The number of nitrogens with one attached hydrogen (secondary N) is 1. The minimum absolute atomic E-state index is 0.0513. The number of aldehydes is 1. The summed E-state index contributed by atoms with van der Waals surface area (Å²) in [4.78, 5) is 40.4. The first kappa shape index (κ1) is 31.1. The molecule has 1 fully saturated rings. The molecule has 0 unspecified atom stereocenters. The predicted molar refractivity (Wildman–Crippen MR) is 163 cm³/mol. The zero-order valence-electron chi connectivity index (χ0n) is 23.8. The van der Waals surface area contributed by atoms with Crippen LogP contribution in [-0.4, -0.2) is 78.5 Å². The van der Waals surface area contributed by atoms with Crippen LogP contribution in [0.2, 0.25) is 0 Å². The maximum Gasteiger partial charge on any atom is 0.247 e. The topological polar surface area (TPSA) is 144 Å². The molecule has 3 N–H and O–H groups in total. The van der Waals surface area contributed by atoms with Crippen LogP contribution in [0.4, 0.5) is 0 Å². The van der Waals surface area contributed by atoms with Gasteiger partial charge in [0.15, 0.2) is 23.0 Å². The summed E-state index contributed by atoms with van der Waals surface area (Å²) < 4.78 is 23.4. The number of carbonyl (C=O) groups excluding carboxylic acids is 3. The number of amides is 2. The largest absolute Gasteiger partial charge is 0.493 e. The zero-order chi connectivity index (χ0) is 30.5. The highest BCUT2D eigenvalue weighted by Crippen LogP contribution is 2.39. The second-order valence-electron chi connectivity index (χ2n) is 10.8. The standard InChI is InChI=1S/C31H35IN2O9/c1-40-27-12-19(16-36)10-22(32)29(27)43-26-14-21(30(38)33-8-9-35)13-23(28(26)37)34(31(39)20-4-2-3-5-20)15-18-6-7-24-25(11-18)42-17-41-24/h6-7,10-12,14,16,20,23,26,28,35,37H,2-5,8-9,13,15,17H2,1H3,(H,33,38)/t23-,26+,28+/m1/s1. The molecule has 0 saturated heterocycles. The molecule has 2 amide bonds. The van der Waals surface area contributed by atoms with E-state index in [4.69, 9.17) is 18.9 Å². The molecule has 0 bridgehead atoms. The SMILES string of the molecule is COc1cc(C=O)cc(I)c1O[C@H]1C=C(C(=O)NCCO)C[C@@H](N(Cc2ccc3c(c2)OCO3)C(=O)C2CCCC2)[C@@H]1O. The Hall–Kier alpha value is -3.36. The van der Waals surface area contributed by atoms with E-state index in [1.807, 2.05) is 34.7 Å². The van der Waals surface area contributed by atoms with Crippen molar-refractivity contribution >= 4 is 40.7 Å². The van der Waals surface area contributed by atoms with Crippen molar-refractivity contribution in [2.45, 2.75) is 56.9 Å². The van der Waals surface area contributed by atoms with Crippen LogP contribution in [-0.2, 0) is 16.1 Å². The van der Waals surface area contributed by atoms with Crippen LogP contribution in [0.1, 0.15) is 48.0 Å². The van der Waals surface area contributed by atoms with Gasteiger partial charge >= 0.3 is 0 Å². The molecule has 3 atom stereocenters. The summed E-state index contributed by atoms with van der Waals surface area (Å²) in [6.07, 6.45) is 3.53. The maximum absolute atomic E-state index is 14.1. The second kappa shape index (κ2) is 14.0. The molecule has 0 spiro atoms. The molecule has 3 aliphatic rings. The average molecular weight is 707 g/mol. The fourth-order valence-electron chi connectivity index (χ4n) is 5.84. The van der Waals surface area contributed by atoms with Gasteiger partial charge in [0.05, 0.1) is 23.3 Å². The van der Waals surface area contributed by atoms with Crippen LogP contribution in [0.15, 0.2) is 42.0 Å². The molecule has 1 aliphatic heterocycles. The third kappa shape index (κ3) is 6.91. The molecule has 2 aromatic rings. The van der Waals surface area contributed by atoms with Gasteiger partial charge in [-0.05, 0) is 71.3 Å². The van der Waals surface area contributed by atoms with E-state index < -0.39 is 24.2 Å². The Kier molecular flexibility index (Phi) is 10.1. The number of ether oxygens (including phenoxy) is 4. The number of aliphatic hydroxyl groups excluding tert-OH is 2. The summed E-state index contributed by atoms with van der Waals surface area (Å²) in [5, 5.41) is 23.8. The highest BCUT2D eigenvalue weighted by Gasteiger charge is 2.42. The molecule has 5 rings (SSSR count). The van der Waals surface area contributed by atoms with E-state index in [0.29, 0.717) is 44.0 Å². The van der Waals surface area contributed by atoms with E-state index in [1.165, 1.54) is 13.2 Å². The van der Waals surface area contributed by atoms with E-state index >= 15 is 0 Å². The lowest BCUT2D eigenvalue weighted by Gasteiger charge is -2.41. The van der Waals surface area contributed by atoms with E-state index in [1.54, 1.807) is 23.1 Å². The number of fused-ring (bicyclic) bond motifs is 1. The highest BCUT2D eigenvalue weighted by molar-refractivity contribution is 14.1. The van der Waals surface area contributed by atoms with Crippen molar-refractivity contribution < 1.29 is 43.5 Å². The molecular formula is C31H35IN2O9. The fourth-order valence-corrected chi connectivity index (χ4v) is 6.59. The van der Waals surface area contributed by atoms with Crippen molar-refractivity contribution in [2.24, 2.45) is 5.92 Å². The summed E-state index contributed by atoms with van der Waals surface area (Å²) in [5.41, 5.74) is 1.51. The summed E-state index contributed by atoms with van der Waals surface area (Å²) in [6.45, 7) is 0.119. The molecule has 1 heterocycles. The molecular weight excluding hydrogens is 671 g/mol. The van der Waals surface area contributed by atoms with Crippen LogP contribution in [0.25, 0.3) is 0 Å². The number of halogens is 1. The molecule has 12 heteroatoms. The molecule has 0 radical (unpaired) electrons. The molecule has 43 heavy (non-hydrogen) atoms. The van der Waals surface area contributed by atoms with Crippen molar-refractivity contribution in [3.63, 3.8) is 0 Å². The first-order chi connectivity index (χ1) is 20.8. The summed E-state index contributed by atoms with van der Waals surface area (Å²) in [7, 11) is 1.45. The normalized spacial score (nSPS) is 21.2. The van der Waals surface area contributed by atoms with Gasteiger partial charge in [-0.25, -0.2) is 0 Å². The third-order valence-corrected chi connectivity index (χ3v) is 8.84. The number of hydrogen-bond acceptors (Lipinski definition) is 9. The Bertz CT molecular complexity index is 1390. The first-order valence-corrected chi connectivity index (χ1v) is 15.4. The minimum Gasteiger partial charge on any atom is -0.493 e. The van der Waals surface area contributed by atoms with Crippen LogP contribution >= 0.6 is 22.6 Å². The van der Waals surface area contributed by atoms with Gasteiger partial charge in [0.1, 0.15) is 18.5 Å². The van der Waals surface area contributed by atoms with Gasteiger partial charge in [0.25, 0.3) is 0 Å². The highest BCUT2D eigenvalue weighted by atomic mass is 127. The van der Waals surface area contributed by atoms with E-state index in [9.17, 15) is 24.6 Å². The zero-order valence-corrected chi connectivity index (χ0v) is 25.9. The van der Waals surface area contributed by atoms with Crippen LogP contribution < -0.4 is 24.3 Å². The smallest absolute Gasteiger partial charge is 0.247 e. The molecule has 11 nitrogen and oxygen atoms in total. The van der Waals surface area contributed by atoms with Gasteiger partial charge in [-0.2, -0.15) is 0 Å². The van der Waals surface area contributed by atoms with Crippen LogP contribution in [0, 0.1) is 9.49 Å². The number of carbonyl (C=O) groups is 3. The Morgan fingerprint density at radius 3 is 2.65 bits per heavy atom. The lowest BCUT2D eigenvalue weighted by molar-refractivity contribution is -0.143.